The number of fused-ring (bicyclic) bond motifs is 3. The number of ether oxygens (including phenoxy) is 5. The molecule has 1 N–H and O–H groups in total. The van der Waals surface area contributed by atoms with Crippen LogP contribution in [0, 0.1) is 11.8 Å². The van der Waals surface area contributed by atoms with Crippen LogP contribution in [-0.2, 0) is 16.1 Å². The van der Waals surface area contributed by atoms with Gasteiger partial charge in [-0.3, -0.25) is 4.79 Å². The highest BCUT2D eigenvalue weighted by Crippen LogP contribution is 2.54. The van der Waals surface area contributed by atoms with Gasteiger partial charge in [0, 0.05) is 17.4 Å². The molecular weight excluding hydrogens is 388 g/mol. The van der Waals surface area contributed by atoms with Crippen molar-refractivity contribution < 1.29 is 33.6 Å². The standard InChI is InChI=1S/C23H22O7/c1-11-14-6-17-18(30-10-29-17)7-15(14)20(21-16(11)9-28-23(21)25)12-4-13(8-24)22(27-3)19(5-12)26-2/h4-7,16,20-21,24H,1,8-10H2,2-3H3/t16-,20?,21-/m1/s1. The third-order valence-corrected chi connectivity index (χ3v) is 6.25. The van der Waals surface area contributed by atoms with Crippen LogP contribution >= 0.6 is 0 Å². The van der Waals surface area contributed by atoms with E-state index in [0.29, 0.717) is 35.2 Å². The number of hydrogen-bond donors (Lipinski definition) is 1. The zero-order chi connectivity index (χ0) is 21.0. The lowest BCUT2D eigenvalue weighted by Gasteiger charge is -2.35. The van der Waals surface area contributed by atoms with Crippen molar-refractivity contribution in [3.8, 4) is 23.0 Å². The van der Waals surface area contributed by atoms with E-state index in [1.165, 1.54) is 7.11 Å². The lowest BCUT2D eigenvalue weighted by Crippen LogP contribution is -2.30. The van der Waals surface area contributed by atoms with E-state index in [-0.39, 0.29) is 31.2 Å². The van der Waals surface area contributed by atoms with Crippen molar-refractivity contribution in [3.05, 3.63) is 53.1 Å². The van der Waals surface area contributed by atoms with E-state index in [2.05, 4.69) is 6.58 Å². The Bertz CT molecular complexity index is 1030. The van der Waals surface area contributed by atoms with E-state index < -0.39 is 5.92 Å². The van der Waals surface area contributed by atoms with Gasteiger partial charge in [0.15, 0.2) is 23.0 Å². The van der Waals surface area contributed by atoms with Crippen molar-refractivity contribution in [1.82, 2.24) is 0 Å². The molecule has 1 fully saturated rings. The minimum atomic E-state index is -0.421. The summed E-state index contributed by atoms with van der Waals surface area (Å²) in [4.78, 5) is 12.8. The number of aliphatic hydroxyl groups excluding tert-OH is 1. The second-order valence-corrected chi connectivity index (χ2v) is 7.63. The fraction of sp³-hybridized carbons (Fsp3) is 0.348. The lowest BCUT2D eigenvalue weighted by molar-refractivity contribution is -0.141. The van der Waals surface area contributed by atoms with Crippen LogP contribution in [0.5, 0.6) is 23.0 Å². The molecule has 0 bridgehead atoms. The van der Waals surface area contributed by atoms with Gasteiger partial charge in [0.25, 0.3) is 0 Å². The maximum atomic E-state index is 12.8. The second-order valence-electron chi connectivity index (χ2n) is 7.63. The highest BCUT2D eigenvalue weighted by Gasteiger charge is 2.50. The SMILES string of the molecule is C=C1c2cc3c(cc2C(c2cc(CO)c(OC)c(OC)c2)[C@@H]2C(=O)OC[C@H]12)OCO3. The van der Waals surface area contributed by atoms with Gasteiger partial charge >= 0.3 is 5.97 Å². The number of rotatable bonds is 4. The summed E-state index contributed by atoms with van der Waals surface area (Å²) in [6, 6.07) is 7.56. The summed E-state index contributed by atoms with van der Waals surface area (Å²) < 4.78 is 27.5. The van der Waals surface area contributed by atoms with Crippen LogP contribution in [0.25, 0.3) is 5.57 Å². The molecule has 2 aromatic carbocycles. The van der Waals surface area contributed by atoms with Crippen molar-refractivity contribution in [2.24, 2.45) is 11.8 Å². The zero-order valence-electron chi connectivity index (χ0n) is 16.8. The van der Waals surface area contributed by atoms with E-state index >= 15 is 0 Å². The van der Waals surface area contributed by atoms with Crippen molar-refractivity contribution in [2.75, 3.05) is 27.6 Å². The molecule has 0 radical (unpaired) electrons. The van der Waals surface area contributed by atoms with Crippen molar-refractivity contribution in [2.45, 2.75) is 12.5 Å². The molecule has 3 aliphatic rings. The lowest BCUT2D eigenvalue weighted by atomic mass is 9.65. The van der Waals surface area contributed by atoms with Crippen LogP contribution in [-0.4, -0.2) is 38.7 Å². The Kier molecular flexibility index (Phi) is 4.36. The zero-order valence-corrected chi connectivity index (χ0v) is 16.8. The highest BCUT2D eigenvalue weighted by molar-refractivity contribution is 5.87. The average molecular weight is 410 g/mol. The number of benzene rings is 2. The summed E-state index contributed by atoms with van der Waals surface area (Å²) in [7, 11) is 3.08. The quantitative estimate of drug-likeness (QED) is 0.776. The molecule has 7 heteroatoms. The summed E-state index contributed by atoms with van der Waals surface area (Å²) in [5.41, 5.74) is 4.13. The molecule has 2 aromatic rings. The maximum absolute atomic E-state index is 12.8. The van der Waals surface area contributed by atoms with Crippen molar-refractivity contribution >= 4 is 11.5 Å². The van der Waals surface area contributed by atoms with Crippen LogP contribution < -0.4 is 18.9 Å². The first-order valence-corrected chi connectivity index (χ1v) is 9.72. The van der Waals surface area contributed by atoms with Gasteiger partial charge in [-0.15, -0.1) is 0 Å². The van der Waals surface area contributed by atoms with E-state index in [0.717, 1.165) is 22.3 Å². The number of aliphatic hydroxyl groups is 1. The number of cyclic esters (lactones) is 1. The first-order chi connectivity index (χ1) is 14.6. The van der Waals surface area contributed by atoms with Crippen LogP contribution in [0.15, 0.2) is 30.8 Å². The molecule has 7 nitrogen and oxygen atoms in total. The van der Waals surface area contributed by atoms with Crippen LogP contribution in [0.3, 0.4) is 0 Å². The molecule has 1 saturated heterocycles. The third kappa shape index (κ3) is 2.58. The number of carbonyl (C=O) groups excluding carboxylic acids is 1. The van der Waals surface area contributed by atoms with Gasteiger partial charge in [-0.1, -0.05) is 6.58 Å². The molecular formula is C23H22O7. The van der Waals surface area contributed by atoms with E-state index in [9.17, 15) is 9.90 Å². The number of esters is 1. The monoisotopic (exact) mass is 410 g/mol. The molecule has 2 heterocycles. The second kappa shape index (κ2) is 6.95. The molecule has 3 atom stereocenters. The van der Waals surface area contributed by atoms with Gasteiger partial charge < -0.3 is 28.8 Å². The Labute approximate surface area is 173 Å². The fourth-order valence-corrected chi connectivity index (χ4v) is 4.86. The van der Waals surface area contributed by atoms with Crippen LogP contribution in [0.1, 0.15) is 28.2 Å². The maximum Gasteiger partial charge on any atom is 0.310 e. The van der Waals surface area contributed by atoms with E-state index in [4.69, 9.17) is 23.7 Å². The Balaban J connectivity index is 1.75. The van der Waals surface area contributed by atoms with E-state index in [1.54, 1.807) is 7.11 Å². The Hall–Kier alpha value is -3.19. The predicted molar refractivity (Wildman–Crippen MR) is 107 cm³/mol. The number of carbonyl (C=O) groups is 1. The Morgan fingerprint density at radius 1 is 1.10 bits per heavy atom. The molecule has 0 saturated carbocycles. The summed E-state index contributed by atoms with van der Waals surface area (Å²) >= 11 is 0. The predicted octanol–water partition coefficient (Wildman–Crippen LogP) is 2.87. The third-order valence-electron chi connectivity index (χ3n) is 6.25. The number of methoxy groups -OCH3 is 2. The summed E-state index contributed by atoms with van der Waals surface area (Å²) in [5, 5.41) is 9.92. The Morgan fingerprint density at radius 3 is 2.57 bits per heavy atom. The normalized spacial score (nSPS) is 23.6. The van der Waals surface area contributed by atoms with Crippen molar-refractivity contribution in [3.63, 3.8) is 0 Å². The van der Waals surface area contributed by atoms with Gasteiger partial charge in [-0.2, -0.15) is 0 Å². The molecule has 156 valence electrons. The van der Waals surface area contributed by atoms with Crippen molar-refractivity contribution in [1.29, 1.82) is 0 Å². The highest BCUT2D eigenvalue weighted by atomic mass is 16.7. The summed E-state index contributed by atoms with van der Waals surface area (Å²) in [6.07, 6.45) is 0. The molecule has 0 spiro atoms. The molecule has 30 heavy (non-hydrogen) atoms. The van der Waals surface area contributed by atoms with Crippen LogP contribution in [0.2, 0.25) is 0 Å². The molecule has 1 aliphatic carbocycles. The minimum absolute atomic E-state index is 0.138. The average Bonchev–Trinajstić information content (AvgIpc) is 3.38. The molecule has 2 aliphatic heterocycles. The minimum Gasteiger partial charge on any atom is -0.493 e. The van der Waals surface area contributed by atoms with Gasteiger partial charge in [0.1, 0.15) is 0 Å². The first-order valence-electron chi connectivity index (χ1n) is 9.72. The summed E-state index contributed by atoms with van der Waals surface area (Å²) in [6.45, 7) is 4.51. The van der Waals surface area contributed by atoms with Gasteiger partial charge in [0.2, 0.25) is 6.79 Å². The smallest absolute Gasteiger partial charge is 0.310 e. The van der Waals surface area contributed by atoms with E-state index in [1.807, 2.05) is 24.3 Å². The Morgan fingerprint density at radius 2 is 1.87 bits per heavy atom. The number of hydrogen-bond acceptors (Lipinski definition) is 7. The van der Waals surface area contributed by atoms with Gasteiger partial charge in [-0.05, 0) is 46.5 Å². The fourth-order valence-electron chi connectivity index (χ4n) is 4.86. The molecule has 5 rings (SSSR count). The molecule has 0 amide bonds. The largest absolute Gasteiger partial charge is 0.493 e. The molecule has 1 unspecified atom stereocenters. The van der Waals surface area contributed by atoms with Crippen LogP contribution in [0.4, 0.5) is 0 Å². The summed E-state index contributed by atoms with van der Waals surface area (Å²) in [5.74, 6) is 1.14. The van der Waals surface area contributed by atoms with Gasteiger partial charge in [0.05, 0.1) is 33.4 Å². The first kappa shape index (κ1) is 18.8. The molecule has 0 aromatic heterocycles. The topological polar surface area (TPSA) is 83.5 Å². The van der Waals surface area contributed by atoms with Gasteiger partial charge in [-0.25, -0.2) is 0 Å².